The van der Waals surface area contributed by atoms with Crippen LogP contribution in [0.3, 0.4) is 0 Å². The molecule has 7 heteroatoms. The van der Waals surface area contributed by atoms with Crippen molar-refractivity contribution < 1.29 is 17.2 Å². The molecule has 2 aromatic rings. The SMILES string of the molecule is Cc1cc(C)cc(NS(=O)(=O)c2ccc(F)c(N)c2F)c1. The predicted octanol–water partition coefficient (Wildman–Crippen LogP) is 2.96. The van der Waals surface area contributed by atoms with E-state index in [-0.39, 0.29) is 0 Å². The van der Waals surface area contributed by atoms with Crippen molar-refractivity contribution in [2.24, 2.45) is 0 Å². The molecule has 0 saturated heterocycles. The second-order valence-corrected chi connectivity index (χ2v) is 6.41. The van der Waals surface area contributed by atoms with E-state index in [0.717, 1.165) is 23.3 Å². The molecule has 0 fully saturated rings. The van der Waals surface area contributed by atoms with Gasteiger partial charge in [-0.1, -0.05) is 6.07 Å². The first-order valence-electron chi connectivity index (χ1n) is 6.05. The fourth-order valence-corrected chi connectivity index (χ4v) is 3.13. The van der Waals surface area contributed by atoms with Crippen molar-refractivity contribution in [2.75, 3.05) is 10.5 Å². The van der Waals surface area contributed by atoms with Crippen molar-refractivity contribution in [3.05, 3.63) is 53.1 Å². The van der Waals surface area contributed by atoms with Crippen LogP contribution in [0.1, 0.15) is 11.1 Å². The Balaban J connectivity index is 2.46. The summed E-state index contributed by atoms with van der Waals surface area (Å²) in [5.74, 6) is -2.30. The minimum atomic E-state index is -4.19. The molecule has 0 aliphatic carbocycles. The lowest BCUT2D eigenvalue weighted by Gasteiger charge is -2.11. The molecule has 0 saturated carbocycles. The van der Waals surface area contributed by atoms with Crippen molar-refractivity contribution >= 4 is 21.4 Å². The highest BCUT2D eigenvalue weighted by molar-refractivity contribution is 7.92. The fraction of sp³-hybridized carbons (Fsp3) is 0.143. The molecule has 0 unspecified atom stereocenters. The van der Waals surface area contributed by atoms with Gasteiger partial charge in [0.05, 0.1) is 0 Å². The Morgan fingerprint density at radius 2 is 1.62 bits per heavy atom. The van der Waals surface area contributed by atoms with Crippen LogP contribution in [0.2, 0.25) is 0 Å². The number of halogens is 2. The van der Waals surface area contributed by atoms with Crippen molar-refractivity contribution in [2.45, 2.75) is 18.7 Å². The average molecular weight is 312 g/mol. The number of nitrogen functional groups attached to an aromatic ring is 1. The molecule has 2 rings (SSSR count). The number of nitrogens with one attached hydrogen (secondary N) is 1. The number of anilines is 2. The molecular weight excluding hydrogens is 298 g/mol. The Bertz CT molecular complexity index is 785. The summed E-state index contributed by atoms with van der Waals surface area (Å²) >= 11 is 0. The van der Waals surface area contributed by atoms with Gasteiger partial charge in [0.1, 0.15) is 16.4 Å². The molecule has 0 aliphatic rings. The van der Waals surface area contributed by atoms with Crippen molar-refractivity contribution in [1.82, 2.24) is 0 Å². The van der Waals surface area contributed by atoms with Crippen LogP contribution < -0.4 is 10.5 Å². The maximum absolute atomic E-state index is 13.8. The van der Waals surface area contributed by atoms with Crippen LogP contribution in [-0.4, -0.2) is 8.42 Å². The average Bonchev–Trinajstić information content (AvgIpc) is 2.33. The second kappa shape index (κ2) is 5.33. The Morgan fingerprint density at radius 3 is 2.19 bits per heavy atom. The number of rotatable bonds is 3. The molecule has 0 radical (unpaired) electrons. The molecule has 2 aromatic carbocycles. The van der Waals surface area contributed by atoms with E-state index >= 15 is 0 Å². The minimum Gasteiger partial charge on any atom is -0.394 e. The third-order valence-corrected chi connectivity index (χ3v) is 4.25. The highest BCUT2D eigenvalue weighted by Gasteiger charge is 2.22. The zero-order valence-electron chi connectivity index (χ0n) is 11.4. The number of nitrogens with two attached hydrogens (primary N) is 1. The van der Waals surface area contributed by atoms with E-state index in [0.29, 0.717) is 5.69 Å². The lowest BCUT2D eigenvalue weighted by atomic mass is 10.1. The lowest BCUT2D eigenvalue weighted by molar-refractivity contribution is 0.557. The highest BCUT2D eigenvalue weighted by Crippen LogP contribution is 2.25. The largest absolute Gasteiger partial charge is 0.394 e. The number of hydrogen-bond acceptors (Lipinski definition) is 3. The normalized spacial score (nSPS) is 11.4. The van der Waals surface area contributed by atoms with Crippen LogP contribution in [0, 0.1) is 25.5 Å². The maximum atomic E-state index is 13.8. The van der Waals surface area contributed by atoms with Gasteiger partial charge < -0.3 is 5.73 Å². The molecule has 0 bridgehead atoms. The minimum absolute atomic E-state index is 0.301. The first-order valence-corrected chi connectivity index (χ1v) is 7.53. The molecule has 21 heavy (non-hydrogen) atoms. The first-order chi connectivity index (χ1) is 9.70. The first kappa shape index (κ1) is 15.2. The van der Waals surface area contributed by atoms with E-state index in [2.05, 4.69) is 4.72 Å². The Morgan fingerprint density at radius 1 is 1.05 bits per heavy atom. The van der Waals surface area contributed by atoms with E-state index in [1.54, 1.807) is 26.0 Å². The van der Waals surface area contributed by atoms with E-state index in [9.17, 15) is 17.2 Å². The van der Waals surface area contributed by atoms with Gasteiger partial charge in [-0.2, -0.15) is 0 Å². The fourth-order valence-electron chi connectivity index (χ4n) is 2.00. The van der Waals surface area contributed by atoms with Crippen molar-refractivity contribution in [3.8, 4) is 0 Å². The molecule has 0 atom stereocenters. The standard InChI is InChI=1S/C14H14F2N2O2S/c1-8-5-9(2)7-10(6-8)18-21(19,20)12-4-3-11(15)14(17)13(12)16/h3-7,18H,17H2,1-2H3. The van der Waals surface area contributed by atoms with E-state index in [1.165, 1.54) is 0 Å². The molecule has 0 spiro atoms. The summed E-state index contributed by atoms with van der Waals surface area (Å²) in [6.07, 6.45) is 0. The Kier molecular flexibility index (Phi) is 3.87. The van der Waals surface area contributed by atoms with Crippen LogP contribution in [0.5, 0.6) is 0 Å². The predicted molar refractivity (Wildman–Crippen MR) is 77.5 cm³/mol. The molecule has 0 aliphatic heterocycles. The molecule has 112 valence electrons. The molecular formula is C14H14F2N2O2S. The number of benzene rings is 2. The zero-order chi connectivity index (χ0) is 15.8. The topological polar surface area (TPSA) is 72.2 Å². The van der Waals surface area contributed by atoms with E-state index in [1.807, 2.05) is 6.07 Å². The summed E-state index contributed by atoms with van der Waals surface area (Å²) in [5.41, 5.74) is 6.37. The quantitative estimate of drug-likeness (QED) is 0.856. The van der Waals surface area contributed by atoms with Crippen molar-refractivity contribution in [1.29, 1.82) is 0 Å². The third kappa shape index (κ3) is 3.13. The summed E-state index contributed by atoms with van der Waals surface area (Å²) in [6, 6.07) is 6.74. The van der Waals surface area contributed by atoms with Crippen LogP contribution in [0.15, 0.2) is 35.2 Å². The molecule has 4 nitrogen and oxygen atoms in total. The van der Waals surface area contributed by atoms with Gasteiger partial charge in [0.15, 0.2) is 5.82 Å². The Hall–Kier alpha value is -2.15. The monoisotopic (exact) mass is 312 g/mol. The van der Waals surface area contributed by atoms with Gasteiger partial charge in [0.2, 0.25) is 0 Å². The zero-order valence-corrected chi connectivity index (χ0v) is 12.3. The van der Waals surface area contributed by atoms with E-state index < -0.39 is 32.2 Å². The van der Waals surface area contributed by atoms with Gasteiger partial charge in [0, 0.05) is 5.69 Å². The summed E-state index contributed by atoms with van der Waals surface area (Å²) in [4.78, 5) is -0.694. The summed E-state index contributed by atoms with van der Waals surface area (Å²) < 4.78 is 53.6. The second-order valence-electron chi connectivity index (χ2n) is 4.76. The van der Waals surface area contributed by atoms with Crippen LogP contribution in [0.25, 0.3) is 0 Å². The van der Waals surface area contributed by atoms with Gasteiger partial charge in [-0.3, -0.25) is 4.72 Å². The van der Waals surface area contributed by atoms with Crippen LogP contribution in [0.4, 0.5) is 20.2 Å². The van der Waals surface area contributed by atoms with E-state index in [4.69, 9.17) is 5.73 Å². The van der Waals surface area contributed by atoms with Gasteiger partial charge >= 0.3 is 0 Å². The molecule has 0 aromatic heterocycles. The molecule has 3 N–H and O–H groups in total. The summed E-state index contributed by atoms with van der Waals surface area (Å²) in [5, 5.41) is 0. The third-order valence-electron chi connectivity index (χ3n) is 2.85. The van der Waals surface area contributed by atoms with Gasteiger partial charge in [-0.25, -0.2) is 17.2 Å². The van der Waals surface area contributed by atoms with Crippen LogP contribution >= 0.6 is 0 Å². The summed E-state index contributed by atoms with van der Waals surface area (Å²) in [6.45, 7) is 3.61. The highest BCUT2D eigenvalue weighted by atomic mass is 32.2. The van der Waals surface area contributed by atoms with Gasteiger partial charge in [-0.05, 0) is 49.2 Å². The van der Waals surface area contributed by atoms with Crippen molar-refractivity contribution in [3.63, 3.8) is 0 Å². The number of aryl methyl sites for hydroxylation is 2. The smallest absolute Gasteiger partial charge is 0.264 e. The van der Waals surface area contributed by atoms with Gasteiger partial charge in [0.25, 0.3) is 10.0 Å². The maximum Gasteiger partial charge on any atom is 0.264 e. The van der Waals surface area contributed by atoms with Crippen LogP contribution in [-0.2, 0) is 10.0 Å². The number of sulfonamides is 1. The molecule has 0 amide bonds. The van der Waals surface area contributed by atoms with Gasteiger partial charge in [-0.15, -0.1) is 0 Å². The summed E-state index contributed by atoms with van der Waals surface area (Å²) in [7, 11) is -4.19. The lowest BCUT2D eigenvalue weighted by Crippen LogP contribution is -2.16. The molecule has 0 heterocycles. The Labute approximate surface area is 121 Å². The number of hydrogen-bond donors (Lipinski definition) is 2.